The highest BCUT2D eigenvalue weighted by atomic mass is 35.5. The number of nitrogens with one attached hydrogen (secondary N) is 2. The molecule has 19 heteroatoms. The van der Waals surface area contributed by atoms with Crippen LogP contribution in [0, 0.1) is 33.1 Å². The topological polar surface area (TPSA) is 195 Å². The van der Waals surface area contributed by atoms with Gasteiger partial charge in [0.1, 0.15) is 35.1 Å². The van der Waals surface area contributed by atoms with Crippen LogP contribution in [0.4, 0.5) is 0 Å². The minimum atomic E-state index is -0.857. The number of benzene rings is 2. The van der Waals surface area contributed by atoms with Crippen LogP contribution >= 0.6 is 34.3 Å². The Hall–Kier alpha value is -6.60. The van der Waals surface area contributed by atoms with Crippen molar-refractivity contribution in [1.29, 1.82) is 0 Å². The normalized spacial score (nSPS) is 20.3. The molecule has 1 aliphatic carbocycles. The van der Waals surface area contributed by atoms with Crippen LogP contribution < -0.4 is 15.4 Å². The molecule has 0 spiro atoms. The highest BCUT2D eigenvalue weighted by molar-refractivity contribution is 7.15. The number of fused-ring (bicyclic) bond motifs is 3. The first-order valence-corrected chi connectivity index (χ1v) is 26.6. The molecular weight excluding hydrogens is 982 g/mol. The molecule has 16 nitrogen and oxygen atoms in total. The lowest BCUT2D eigenvalue weighted by molar-refractivity contribution is -0.144. The van der Waals surface area contributed by atoms with Gasteiger partial charge in [-0.1, -0.05) is 68.8 Å². The summed E-state index contributed by atoms with van der Waals surface area (Å²) in [4.78, 5) is 60.2. The number of aryl methyl sites for hydroxylation is 3. The zero-order chi connectivity index (χ0) is 51.5. The van der Waals surface area contributed by atoms with Crippen molar-refractivity contribution in [3.8, 4) is 32.4 Å². The largest absolute Gasteiger partial charge is 0.474 e. The Morgan fingerprint density at radius 2 is 1.67 bits per heavy atom. The number of aliphatic imine (C=N–C) groups is 1. The number of nitrogens with zero attached hydrogens (tertiary/aromatic N) is 9. The first-order chi connectivity index (χ1) is 34.9. The number of likely N-dealkylation sites (tertiary alicyclic amines) is 1. The van der Waals surface area contributed by atoms with Crippen molar-refractivity contribution >= 4 is 57.7 Å². The van der Waals surface area contributed by atoms with Crippen LogP contribution in [-0.2, 0) is 14.4 Å². The Bertz CT molecular complexity index is 3240. The van der Waals surface area contributed by atoms with E-state index in [0.29, 0.717) is 29.6 Å². The number of aliphatic hydroxyl groups excluding tert-OH is 1. The second-order valence-corrected chi connectivity index (χ2v) is 23.0. The summed E-state index contributed by atoms with van der Waals surface area (Å²) >= 11 is 9.54. The molecule has 7 heterocycles. The van der Waals surface area contributed by atoms with Crippen LogP contribution in [0.15, 0.2) is 89.8 Å². The minimum absolute atomic E-state index is 0.0341. The highest BCUT2D eigenvalue weighted by Crippen LogP contribution is 2.41. The van der Waals surface area contributed by atoms with Crippen molar-refractivity contribution in [2.75, 3.05) is 6.54 Å². The van der Waals surface area contributed by atoms with E-state index < -0.39 is 29.6 Å². The Labute approximate surface area is 436 Å². The second kappa shape index (κ2) is 20.0. The standard InChI is InChI=1S/C54H58ClN11O5S2/c1-28-31(4)73-53-46(28)47(34-13-15-38(55)16-14-34)61-42(50-63-62-32(5)66(50)53)23-44(68)60-39-20-41(21-39)71-45-19-36(17-18-56-45)37-24-58-65(25-37)49(54(6,7)8)52(70)64-26-40(67)22-43(64)51(69)59-29(2)33-9-11-35(12-10-33)48-30(3)57-27-72-48/h9-19,24-25,27,29,39-43,49,67H,20-23,26H2,1-8H3,(H,59,69)(H,60,68)/t29-,39?,40+,41?,42-,43-,49+/m0/s1. The quantitative estimate of drug-likeness (QED) is 0.100. The van der Waals surface area contributed by atoms with Crippen molar-refractivity contribution in [2.24, 2.45) is 10.4 Å². The zero-order valence-electron chi connectivity index (χ0n) is 42.0. The molecule has 73 heavy (non-hydrogen) atoms. The zero-order valence-corrected chi connectivity index (χ0v) is 44.3. The van der Waals surface area contributed by atoms with Gasteiger partial charge < -0.3 is 25.4 Å². The summed E-state index contributed by atoms with van der Waals surface area (Å²) in [5.74, 6) is 1.02. The van der Waals surface area contributed by atoms with Gasteiger partial charge in [0.25, 0.3) is 0 Å². The van der Waals surface area contributed by atoms with Gasteiger partial charge in [0.05, 0.1) is 46.6 Å². The van der Waals surface area contributed by atoms with Gasteiger partial charge in [0.2, 0.25) is 23.6 Å². The van der Waals surface area contributed by atoms with Crippen molar-refractivity contribution < 1.29 is 24.2 Å². The number of aliphatic hydroxyl groups is 1. The lowest BCUT2D eigenvalue weighted by Gasteiger charge is -2.35. The lowest BCUT2D eigenvalue weighted by Crippen LogP contribution is -2.50. The maximum absolute atomic E-state index is 14.6. The molecule has 5 atom stereocenters. The van der Waals surface area contributed by atoms with Crippen LogP contribution in [0.25, 0.3) is 26.6 Å². The molecule has 378 valence electrons. The number of ether oxygens (including phenoxy) is 1. The van der Waals surface area contributed by atoms with Crippen molar-refractivity contribution in [2.45, 2.75) is 123 Å². The number of aromatic nitrogens is 7. The van der Waals surface area contributed by atoms with Crippen molar-refractivity contribution in [1.82, 2.24) is 50.0 Å². The van der Waals surface area contributed by atoms with Crippen molar-refractivity contribution in [3.63, 3.8) is 0 Å². The van der Waals surface area contributed by atoms with E-state index in [1.165, 1.54) is 9.78 Å². The van der Waals surface area contributed by atoms with E-state index in [9.17, 15) is 19.5 Å². The molecule has 2 fully saturated rings. The summed E-state index contributed by atoms with van der Waals surface area (Å²) < 4.78 is 10.0. The minimum Gasteiger partial charge on any atom is -0.474 e. The van der Waals surface area contributed by atoms with Crippen LogP contribution in [0.2, 0.25) is 5.02 Å². The fraction of sp³-hybridized carbons (Fsp3) is 0.389. The summed E-state index contributed by atoms with van der Waals surface area (Å²) in [5.41, 5.74) is 9.55. The van der Waals surface area contributed by atoms with Gasteiger partial charge in [-0.25, -0.2) is 9.97 Å². The summed E-state index contributed by atoms with van der Waals surface area (Å²) in [6.45, 7) is 15.9. The number of carbonyl (C=O) groups excluding carboxylic acids is 3. The molecule has 0 radical (unpaired) electrons. The Kier molecular flexibility index (Phi) is 13.7. The van der Waals surface area contributed by atoms with Gasteiger partial charge in [-0.05, 0) is 80.5 Å². The van der Waals surface area contributed by atoms with Gasteiger partial charge in [-0.15, -0.1) is 32.9 Å². The number of hydrogen-bond acceptors (Lipinski definition) is 13. The van der Waals surface area contributed by atoms with Gasteiger partial charge in [0, 0.05) is 76.9 Å². The fourth-order valence-electron chi connectivity index (χ4n) is 10.1. The monoisotopic (exact) mass is 1040 g/mol. The number of pyridine rings is 1. The van der Waals surface area contributed by atoms with Gasteiger partial charge in [-0.3, -0.25) is 28.6 Å². The van der Waals surface area contributed by atoms with E-state index >= 15 is 0 Å². The Morgan fingerprint density at radius 1 is 0.932 bits per heavy atom. The smallest absolute Gasteiger partial charge is 0.248 e. The van der Waals surface area contributed by atoms with E-state index in [-0.39, 0.29) is 55.3 Å². The first-order valence-electron chi connectivity index (χ1n) is 24.5. The van der Waals surface area contributed by atoms with E-state index in [4.69, 9.17) is 26.4 Å². The van der Waals surface area contributed by atoms with E-state index in [2.05, 4.69) is 44.6 Å². The van der Waals surface area contributed by atoms with Crippen LogP contribution in [-0.4, -0.2) is 98.8 Å². The summed E-state index contributed by atoms with van der Waals surface area (Å²) in [5, 5.41) is 32.4. The molecule has 3 aliphatic rings. The maximum atomic E-state index is 14.6. The molecule has 7 aromatic rings. The van der Waals surface area contributed by atoms with Gasteiger partial charge in [-0.2, -0.15) is 5.10 Å². The summed E-state index contributed by atoms with van der Waals surface area (Å²) in [6.07, 6.45) is 5.61. The molecule has 0 bridgehead atoms. The molecule has 10 rings (SSSR count). The average molecular weight is 1040 g/mol. The SMILES string of the molecule is Cc1ncsc1-c1ccc([C@H](C)NC(=O)[C@@H]2C[C@@H](O)CN2C(=O)[C@@H](n2cc(-c3ccnc(OC4CC(NC(=O)C[C@@H]5N=C(c6ccc(Cl)cc6)c6c(sc(C)c6C)-n6c(C)nnc65)C4)c3)cn2)C(C)(C)C)cc1. The predicted octanol–water partition coefficient (Wildman–Crippen LogP) is 9.03. The van der Waals surface area contributed by atoms with E-state index in [1.54, 1.807) is 39.7 Å². The third-order valence-corrected chi connectivity index (χ3v) is 16.5. The van der Waals surface area contributed by atoms with Gasteiger partial charge in [0.15, 0.2) is 5.82 Å². The molecule has 2 aromatic carbocycles. The third-order valence-electron chi connectivity index (χ3n) is 14.1. The van der Waals surface area contributed by atoms with E-state index in [1.807, 2.05) is 118 Å². The van der Waals surface area contributed by atoms with E-state index in [0.717, 1.165) is 66.1 Å². The number of thiophene rings is 1. The molecule has 2 aliphatic heterocycles. The van der Waals surface area contributed by atoms with Gasteiger partial charge >= 0.3 is 0 Å². The van der Waals surface area contributed by atoms with Crippen LogP contribution in [0.1, 0.15) is 116 Å². The number of amides is 3. The molecule has 3 amide bonds. The lowest BCUT2D eigenvalue weighted by atomic mass is 9.85. The number of carbonyl (C=O) groups is 3. The third kappa shape index (κ3) is 10.1. The maximum Gasteiger partial charge on any atom is 0.248 e. The average Bonchev–Trinajstić information content (AvgIpc) is 4.19. The number of thiazole rings is 1. The number of rotatable bonds is 13. The Balaban J connectivity index is 0.772. The molecule has 0 unspecified atom stereocenters. The summed E-state index contributed by atoms with van der Waals surface area (Å²) in [7, 11) is 0. The molecule has 1 saturated carbocycles. The first kappa shape index (κ1) is 50.0. The molecular formula is C54H58ClN11O5S2. The second-order valence-electron chi connectivity index (χ2n) is 20.5. The number of halogens is 1. The number of hydrogen-bond donors (Lipinski definition) is 3. The molecule has 5 aromatic heterocycles. The van der Waals surface area contributed by atoms with Crippen LogP contribution in [0.3, 0.4) is 0 Å². The van der Waals surface area contributed by atoms with Crippen molar-refractivity contribution in [3.05, 3.63) is 134 Å². The molecule has 3 N–H and O–H groups in total. The molecule has 1 saturated heterocycles. The Morgan fingerprint density at radius 3 is 2.38 bits per heavy atom. The number of β-amino-alcohol motifs (C(OH)–C–C–N with tert-alkyl or cyclic N) is 1. The summed E-state index contributed by atoms with van der Waals surface area (Å²) in [6, 6.07) is 16.7. The van der Waals surface area contributed by atoms with Crippen LogP contribution in [0.5, 0.6) is 5.88 Å². The fourth-order valence-corrected chi connectivity index (χ4v) is 12.2. The predicted molar refractivity (Wildman–Crippen MR) is 282 cm³/mol. The highest BCUT2D eigenvalue weighted by Gasteiger charge is 2.45.